The molecule has 0 spiro atoms. The van der Waals surface area contributed by atoms with E-state index in [0.29, 0.717) is 11.4 Å². The molecule has 6 nitrogen and oxygen atoms in total. The largest absolute Gasteiger partial charge is 0.343 e. The van der Waals surface area contributed by atoms with Crippen LogP contribution in [0.15, 0.2) is 22.6 Å². The molecule has 3 aromatic heterocycles. The second kappa shape index (κ2) is 6.21. The molecular formula is C15H16N4O2S2. The molecular weight excluding hydrogens is 332 g/mol. The molecule has 3 rings (SSSR count). The highest BCUT2D eigenvalue weighted by atomic mass is 32.1. The molecule has 3 heterocycles. The standard InChI is InChI=1S/C15H16N4O2S2/c1-4-11(13-17-8(2)9(3)23-13)18-12(20)10-7-16-15-19(14(10)21)5-6-22-15/h5-7,11H,4H2,1-3H3,(H,18,20)/t11-/m0/s1. The number of fused-ring (bicyclic) bond motifs is 1. The van der Waals surface area contributed by atoms with Gasteiger partial charge in [0.05, 0.1) is 11.7 Å². The Morgan fingerprint density at radius 2 is 2.22 bits per heavy atom. The maximum absolute atomic E-state index is 12.5. The second-order valence-corrected chi connectivity index (χ2v) is 7.27. The average molecular weight is 348 g/mol. The van der Waals surface area contributed by atoms with Crippen molar-refractivity contribution in [3.63, 3.8) is 0 Å². The Hall–Kier alpha value is -2.06. The first-order chi connectivity index (χ1) is 11.0. The van der Waals surface area contributed by atoms with Crippen molar-refractivity contribution in [2.45, 2.75) is 33.2 Å². The minimum absolute atomic E-state index is 0.0457. The molecule has 0 bridgehead atoms. The zero-order chi connectivity index (χ0) is 16.6. The number of aryl methyl sites for hydroxylation is 2. The normalized spacial score (nSPS) is 12.5. The zero-order valence-corrected chi connectivity index (χ0v) is 14.6. The summed E-state index contributed by atoms with van der Waals surface area (Å²) in [5.74, 6) is -0.416. The van der Waals surface area contributed by atoms with Gasteiger partial charge >= 0.3 is 0 Å². The van der Waals surface area contributed by atoms with Gasteiger partial charge in [-0.25, -0.2) is 9.97 Å². The molecule has 0 aliphatic rings. The first-order valence-electron chi connectivity index (χ1n) is 7.21. The van der Waals surface area contributed by atoms with Gasteiger partial charge in [-0.1, -0.05) is 6.92 Å². The van der Waals surface area contributed by atoms with Crippen LogP contribution < -0.4 is 10.9 Å². The van der Waals surface area contributed by atoms with E-state index in [2.05, 4.69) is 15.3 Å². The molecule has 1 N–H and O–H groups in total. The predicted octanol–water partition coefficient (Wildman–Crippen LogP) is 2.71. The van der Waals surface area contributed by atoms with Gasteiger partial charge < -0.3 is 5.32 Å². The van der Waals surface area contributed by atoms with Crippen LogP contribution in [0.2, 0.25) is 0 Å². The van der Waals surface area contributed by atoms with E-state index < -0.39 is 5.91 Å². The van der Waals surface area contributed by atoms with E-state index in [1.807, 2.05) is 20.8 Å². The molecule has 8 heteroatoms. The van der Waals surface area contributed by atoms with Crippen LogP contribution in [0.4, 0.5) is 0 Å². The van der Waals surface area contributed by atoms with Gasteiger partial charge in [0.15, 0.2) is 4.96 Å². The minimum atomic E-state index is -0.416. The molecule has 0 fully saturated rings. The minimum Gasteiger partial charge on any atom is -0.343 e. The third kappa shape index (κ3) is 2.91. The number of amides is 1. The van der Waals surface area contributed by atoms with Crippen LogP contribution in [-0.4, -0.2) is 20.3 Å². The maximum atomic E-state index is 12.5. The third-order valence-electron chi connectivity index (χ3n) is 3.64. The summed E-state index contributed by atoms with van der Waals surface area (Å²) in [6.07, 6.45) is 3.67. The zero-order valence-electron chi connectivity index (χ0n) is 13.0. The molecule has 0 saturated heterocycles. The first-order valence-corrected chi connectivity index (χ1v) is 8.90. The van der Waals surface area contributed by atoms with Crippen LogP contribution in [0.3, 0.4) is 0 Å². The second-order valence-electron chi connectivity index (χ2n) is 5.16. The Bertz CT molecular complexity index is 906. The van der Waals surface area contributed by atoms with Crippen molar-refractivity contribution in [1.29, 1.82) is 0 Å². The first kappa shape index (κ1) is 15.8. The molecule has 1 atom stereocenters. The molecule has 0 unspecified atom stereocenters. The van der Waals surface area contributed by atoms with Gasteiger partial charge in [0.1, 0.15) is 10.6 Å². The maximum Gasteiger partial charge on any atom is 0.271 e. The summed E-state index contributed by atoms with van der Waals surface area (Å²) < 4.78 is 1.39. The van der Waals surface area contributed by atoms with Crippen LogP contribution in [0.1, 0.15) is 45.3 Å². The highest BCUT2D eigenvalue weighted by Gasteiger charge is 2.20. The van der Waals surface area contributed by atoms with Crippen molar-refractivity contribution in [3.8, 4) is 0 Å². The number of nitrogens with zero attached hydrogens (tertiary/aromatic N) is 3. The number of aromatic nitrogens is 3. The lowest BCUT2D eigenvalue weighted by atomic mass is 10.2. The van der Waals surface area contributed by atoms with E-state index in [1.54, 1.807) is 22.9 Å². The number of rotatable bonds is 4. The number of hydrogen-bond acceptors (Lipinski definition) is 6. The van der Waals surface area contributed by atoms with Crippen molar-refractivity contribution in [1.82, 2.24) is 19.7 Å². The Balaban J connectivity index is 1.89. The van der Waals surface area contributed by atoms with E-state index in [9.17, 15) is 9.59 Å². The molecule has 23 heavy (non-hydrogen) atoms. The van der Waals surface area contributed by atoms with Crippen LogP contribution in [0.25, 0.3) is 4.96 Å². The predicted molar refractivity (Wildman–Crippen MR) is 91.4 cm³/mol. The lowest BCUT2D eigenvalue weighted by molar-refractivity contribution is 0.0933. The van der Waals surface area contributed by atoms with Gasteiger partial charge in [-0.2, -0.15) is 0 Å². The fourth-order valence-corrected chi connectivity index (χ4v) is 3.93. The highest BCUT2D eigenvalue weighted by molar-refractivity contribution is 7.15. The molecule has 0 radical (unpaired) electrons. The molecule has 0 saturated carbocycles. The van der Waals surface area contributed by atoms with Gasteiger partial charge in [0, 0.05) is 22.7 Å². The Morgan fingerprint density at radius 3 is 2.87 bits per heavy atom. The van der Waals surface area contributed by atoms with E-state index in [1.165, 1.54) is 21.9 Å². The van der Waals surface area contributed by atoms with Crippen LogP contribution in [0.5, 0.6) is 0 Å². The summed E-state index contributed by atoms with van der Waals surface area (Å²) in [6.45, 7) is 5.93. The van der Waals surface area contributed by atoms with E-state index in [-0.39, 0.29) is 17.2 Å². The van der Waals surface area contributed by atoms with Gasteiger partial charge in [0.25, 0.3) is 11.5 Å². The van der Waals surface area contributed by atoms with Gasteiger partial charge in [-0.05, 0) is 20.3 Å². The SMILES string of the molecule is CC[C@H](NC(=O)c1cnc2sccn2c1=O)c1nc(C)c(C)s1. The van der Waals surface area contributed by atoms with Crippen molar-refractivity contribution in [3.05, 3.63) is 49.3 Å². The molecule has 0 aromatic carbocycles. The summed E-state index contributed by atoms with van der Waals surface area (Å²) in [5.41, 5.74) is 0.665. The summed E-state index contributed by atoms with van der Waals surface area (Å²) >= 11 is 2.92. The quantitative estimate of drug-likeness (QED) is 0.786. The van der Waals surface area contributed by atoms with Gasteiger partial charge in [-0.3, -0.25) is 14.0 Å². The number of thiazole rings is 2. The summed E-state index contributed by atoms with van der Waals surface area (Å²) in [7, 11) is 0. The molecule has 0 aliphatic carbocycles. The Morgan fingerprint density at radius 1 is 1.43 bits per heavy atom. The monoisotopic (exact) mass is 348 g/mol. The molecule has 0 aliphatic heterocycles. The lowest BCUT2D eigenvalue weighted by Gasteiger charge is -2.14. The van der Waals surface area contributed by atoms with Crippen molar-refractivity contribution in [2.24, 2.45) is 0 Å². The smallest absolute Gasteiger partial charge is 0.271 e. The fourth-order valence-electron chi connectivity index (χ4n) is 2.20. The number of carbonyl (C=O) groups excluding carboxylic acids is 1. The number of hydrogen-bond donors (Lipinski definition) is 1. The summed E-state index contributed by atoms with van der Waals surface area (Å²) in [4.78, 5) is 35.2. The summed E-state index contributed by atoms with van der Waals surface area (Å²) in [5, 5.41) is 5.52. The molecule has 1 amide bonds. The fraction of sp³-hybridized carbons (Fsp3) is 0.333. The van der Waals surface area contributed by atoms with E-state index in [4.69, 9.17) is 0 Å². The summed E-state index contributed by atoms with van der Waals surface area (Å²) in [6, 6.07) is -0.206. The van der Waals surface area contributed by atoms with Crippen LogP contribution in [0, 0.1) is 13.8 Å². The van der Waals surface area contributed by atoms with Crippen molar-refractivity contribution >= 4 is 33.5 Å². The van der Waals surface area contributed by atoms with Gasteiger partial charge in [0.2, 0.25) is 0 Å². The Labute approximate surface area is 140 Å². The van der Waals surface area contributed by atoms with Crippen LogP contribution in [-0.2, 0) is 0 Å². The molecule has 120 valence electrons. The molecule has 3 aromatic rings. The van der Waals surface area contributed by atoms with Crippen LogP contribution >= 0.6 is 22.7 Å². The van der Waals surface area contributed by atoms with Gasteiger partial charge in [-0.15, -0.1) is 22.7 Å². The van der Waals surface area contributed by atoms with E-state index >= 15 is 0 Å². The highest BCUT2D eigenvalue weighted by Crippen LogP contribution is 2.25. The van der Waals surface area contributed by atoms with Crippen molar-refractivity contribution < 1.29 is 4.79 Å². The Kier molecular flexibility index (Phi) is 4.27. The average Bonchev–Trinajstić information content (AvgIpc) is 3.13. The van der Waals surface area contributed by atoms with E-state index in [0.717, 1.165) is 15.6 Å². The third-order valence-corrected chi connectivity index (χ3v) is 5.60. The number of nitrogens with one attached hydrogen (secondary N) is 1. The number of carbonyl (C=O) groups is 1. The topological polar surface area (TPSA) is 76.4 Å². The lowest BCUT2D eigenvalue weighted by Crippen LogP contribution is -2.33. The van der Waals surface area contributed by atoms with Crippen molar-refractivity contribution in [2.75, 3.05) is 0 Å².